The van der Waals surface area contributed by atoms with Gasteiger partial charge in [-0.2, -0.15) is 52.7 Å². The highest BCUT2D eigenvalue weighted by Gasteiger charge is 2.54. The molecule has 0 aromatic carbocycles. The predicted molar refractivity (Wildman–Crippen MR) is 49.3 cm³/mol. The van der Waals surface area contributed by atoms with Crippen LogP contribution in [-0.4, -0.2) is 4.98 Å². The SMILES string of the molecule is FC(F)(F)c1nc(C(F)(F)F)c(C(F)(F)F)c(Cl)c1C(F)(F)F. The zero-order chi connectivity index (χ0) is 18.6. The van der Waals surface area contributed by atoms with Gasteiger partial charge in [0.25, 0.3) is 0 Å². The average Bonchev–Trinajstić information content (AvgIpc) is 2.20. The molecule has 0 aliphatic heterocycles. The van der Waals surface area contributed by atoms with E-state index in [1.807, 2.05) is 0 Å². The van der Waals surface area contributed by atoms with Crippen LogP contribution in [0.4, 0.5) is 52.7 Å². The number of hydrogen-bond donors (Lipinski definition) is 0. The molecule has 0 unspecified atom stereocenters. The van der Waals surface area contributed by atoms with Crippen LogP contribution in [-0.2, 0) is 24.7 Å². The lowest BCUT2D eigenvalue weighted by Gasteiger charge is -2.22. The molecule has 0 atom stereocenters. The molecule has 1 rings (SSSR count). The van der Waals surface area contributed by atoms with Crippen LogP contribution in [0.1, 0.15) is 22.5 Å². The first-order chi connectivity index (χ1) is 9.88. The van der Waals surface area contributed by atoms with E-state index in [9.17, 15) is 52.7 Å². The molecule has 0 amide bonds. The second kappa shape index (κ2) is 5.31. The summed E-state index contributed by atoms with van der Waals surface area (Å²) < 4.78 is 150. The molecule has 0 spiro atoms. The highest BCUT2D eigenvalue weighted by molar-refractivity contribution is 6.32. The van der Waals surface area contributed by atoms with Crippen molar-refractivity contribution in [3.63, 3.8) is 0 Å². The summed E-state index contributed by atoms with van der Waals surface area (Å²) in [7, 11) is 0. The van der Waals surface area contributed by atoms with E-state index in [1.54, 1.807) is 0 Å². The van der Waals surface area contributed by atoms with Gasteiger partial charge >= 0.3 is 24.7 Å². The van der Waals surface area contributed by atoms with Gasteiger partial charge in [-0.05, 0) is 0 Å². The van der Waals surface area contributed by atoms with Crippen molar-refractivity contribution in [1.82, 2.24) is 4.98 Å². The second-order valence-corrected chi connectivity index (χ2v) is 4.24. The van der Waals surface area contributed by atoms with Gasteiger partial charge in [0.1, 0.15) is 11.1 Å². The first kappa shape index (κ1) is 19.6. The highest BCUT2D eigenvalue weighted by Crippen LogP contribution is 2.50. The smallest absolute Gasteiger partial charge is 0.237 e. The Kier molecular flexibility index (Phi) is 4.54. The van der Waals surface area contributed by atoms with Crippen molar-refractivity contribution in [3.8, 4) is 0 Å². The number of nitrogens with zero attached hydrogens (tertiary/aromatic N) is 1. The number of pyridine rings is 1. The third-order valence-corrected chi connectivity index (χ3v) is 2.62. The van der Waals surface area contributed by atoms with Gasteiger partial charge in [0.05, 0.1) is 5.02 Å². The van der Waals surface area contributed by atoms with Gasteiger partial charge < -0.3 is 0 Å². The molecule has 14 heteroatoms. The Morgan fingerprint density at radius 1 is 0.522 bits per heavy atom. The van der Waals surface area contributed by atoms with E-state index in [0.717, 1.165) is 0 Å². The quantitative estimate of drug-likeness (QED) is 0.514. The van der Waals surface area contributed by atoms with E-state index in [2.05, 4.69) is 11.6 Å². The average molecular weight is 386 g/mol. The summed E-state index contributed by atoms with van der Waals surface area (Å²) in [6, 6.07) is 0. The molecule has 1 aromatic heterocycles. The zero-order valence-electron chi connectivity index (χ0n) is 9.86. The van der Waals surface area contributed by atoms with Crippen molar-refractivity contribution in [2.45, 2.75) is 24.7 Å². The molecule has 1 heterocycles. The topological polar surface area (TPSA) is 12.9 Å². The van der Waals surface area contributed by atoms with Crippen LogP contribution in [0.2, 0.25) is 5.02 Å². The largest absolute Gasteiger partial charge is 0.434 e. The molecule has 1 aromatic rings. The fourth-order valence-electron chi connectivity index (χ4n) is 1.48. The highest BCUT2D eigenvalue weighted by atomic mass is 35.5. The molecule has 23 heavy (non-hydrogen) atoms. The molecule has 0 radical (unpaired) electrons. The van der Waals surface area contributed by atoms with Crippen molar-refractivity contribution in [3.05, 3.63) is 27.5 Å². The van der Waals surface area contributed by atoms with Crippen LogP contribution in [0.3, 0.4) is 0 Å². The molecule has 0 saturated heterocycles. The molecule has 0 fully saturated rings. The number of aromatic nitrogens is 1. The maximum absolute atomic E-state index is 12.6. The summed E-state index contributed by atoms with van der Waals surface area (Å²) in [4.78, 5) is 1.53. The Morgan fingerprint density at radius 3 is 0.957 bits per heavy atom. The van der Waals surface area contributed by atoms with Crippen LogP contribution in [0.15, 0.2) is 0 Å². The van der Waals surface area contributed by atoms with Crippen LogP contribution >= 0.6 is 11.6 Å². The summed E-state index contributed by atoms with van der Waals surface area (Å²) in [6.07, 6.45) is -24.5. The molecule has 0 aliphatic rings. The van der Waals surface area contributed by atoms with Gasteiger partial charge in [-0.15, -0.1) is 0 Å². The van der Waals surface area contributed by atoms with Crippen LogP contribution in [0.5, 0.6) is 0 Å². The van der Waals surface area contributed by atoms with E-state index in [4.69, 9.17) is 0 Å². The van der Waals surface area contributed by atoms with E-state index in [0.29, 0.717) is 0 Å². The van der Waals surface area contributed by atoms with E-state index >= 15 is 0 Å². The fourth-order valence-corrected chi connectivity index (χ4v) is 1.88. The van der Waals surface area contributed by atoms with Crippen LogP contribution in [0, 0.1) is 0 Å². The molecular weight excluding hydrogens is 386 g/mol. The lowest BCUT2D eigenvalue weighted by molar-refractivity contribution is -0.176. The second-order valence-electron chi connectivity index (χ2n) is 3.86. The summed E-state index contributed by atoms with van der Waals surface area (Å²) >= 11 is 4.62. The summed E-state index contributed by atoms with van der Waals surface area (Å²) in [6.45, 7) is 0. The molecule has 0 bridgehead atoms. The monoisotopic (exact) mass is 385 g/mol. The first-order valence-electron chi connectivity index (χ1n) is 4.90. The van der Waals surface area contributed by atoms with E-state index in [1.165, 1.54) is 4.98 Å². The Labute approximate surface area is 122 Å². The predicted octanol–water partition coefficient (Wildman–Crippen LogP) is 5.81. The molecule has 0 aliphatic carbocycles. The lowest BCUT2D eigenvalue weighted by Crippen LogP contribution is -2.27. The molecular formula is C9ClF12N. The molecule has 1 nitrogen and oxygen atoms in total. The number of alkyl halides is 12. The van der Waals surface area contributed by atoms with E-state index < -0.39 is 52.2 Å². The minimum absolute atomic E-state index is 1.53. The zero-order valence-corrected chi connectivity index (χ0v) is 10.6. The molecule has 0 N–H and O–H groups in total. The maximum atomic E-state index is 12.6. The third kappa shape index (κ3) is 3.93. The standard InChI is InChI=1S/C9ClF12N/c10-3-1(6(11,12)13)4(8(17,18)19)23-5(9(20,21)22)2(3)7(14,15)16. The number of halogens is 13. The van der Waals surface area contributed by atoms with Crippen LogP contribution < -0.4 is 0 Å². The number of hydrogen-bond acceptors (Lipinski definition) is 1. The van der Waals surface area contributed by atoms with Gasteiger partial charge in [0.15, 0.2) is 11.4 Å². The molecule has 132 valence electrons. The summed E-state index contributed by atoms with van der Waals surface area (Å²) in [5.41, 5.74) is -12.7. The maximum Gasteiger partial charge on any atom is 0.434 e. The Hall–Kier alpha value is -1.40. The summed E-state index contributed by atoms with van der Waals surface area (Å²) in [5.74, 6) is 0. The van der Waals surface area contributed by atoms with Gasteiger partial charge in [-0.25, -0.2) is 4.98 Å². The van der Waals surface area contributed by atoms with Gasteiger partial charge in [-0.3, -0.25) is 0 Å². The van der Waals surface area contributed by atoms with Crippen molar-refractivity contribution in [2.24, 2.45) is 0 Å². The lowest BCUT2D eigenvalue weighted by atomic mass is 10.0. The van der Waals surface area contributed by atoms with Gasteiger partial charge in [0, 0.05) is 0 Å². The Bertz CT molecular complexity index is 555. The summed E-state index contributed by atoms with van der Waals surface area (Å²) in [5, 5.41) is -2.78. The number of rotatable bonds is 0. The molecule has 0 saturated carbocycles. The van der Waals surface area contributed by atoms with Crippen molar-refractivity contribution in [2.75, 3.05) is 0 Å². The third-order valence-electron chi connectivity index (χ3n) is 2.24. The Morgan fingerprint density at radius 2 is 0.783 bits per heavy atom. The van der Waals surface area contributed by atoms with E-state index in [-0.39, 0.29) is 0 Å². The minimum atomic E-state index is -6.13. The normalized spacial score (nSPS) is 14.3. The van der Waals surface area contributed by atoms with Crippen molar-refractivity contribution >= 4 is 11.6 Å². The van der Waals surface area contributed by atoms with Crippen molar-refractivity contribution < 1.29 is 52.7 Å². The van der Waals surface area contributed by atoms with Gasteiger partial charge in [0.2, 0.25) is 0 Å². The fraction of sp³-hybridized carbons (Fsp3) is 0.444. The van der Waals surface area contributed by atoms with Crippen molar-refractivity contribution in [1.29, 1.82) is 0 Å². The van der Waals surface area contributed by atoms with Gasteiger partial charge in [-0.1, -0.05) is 11.6 Å². The van der Waals surface area contributed by atoms with Crippen LogP contribution in [0.25, 0.3) is 0 Å². The minimum Gasteiger partial charge on any atom is -0.237 e. The Balaban J connectivity index is 4.09. The first-order valence-corrected chi connectivity index (χ1v) is 5.28.